The first-order valence-electron chi connectivity index (χ1n) is 5.51. The summed E-state index contributed by atoms with van der Waals surface area (Å²) >= 11 is 6.77. The molecule has 0 aromatic heterocycles. The van der Waals surface area contributed by atoms with E-state index in [1.807, 2.05) is 25.1 Å². The molecule has 94 valence electrons. The van der Waals surface area contributed by atoms with Crippen LogP contribution >= 0.6 is 31.9 Å². The number of carbonyl (C=O) groups excluding carboxylic acids is 1. The summed E-state index contributed by atoms with van der Waals surface area (Å²) in [5.41, 5.74) is 6.36. The zero-order chi connectivity index (χ0) is 12.8. The van der Waals surface area contributed by atoms with Gasteiger partial charge in [0.05, 0.1) is 5.69 Å². The molecule has 0 aliphatic heterocycles. The van der Waals surface area contributed by atoms with Gasteiger partial charge in [-0.3, -0.25) is 4.79 Å². The molecule has 0 spiro atoms. The minimum absolute atomic E-state index is 0.00102. The van der Waals surface area contributed by atoms with Gasteiger partial charge in [-0.05, 0) is 46.6 Å². The van der Waals surface area contributed by atoms with Gasteiger partial charge in [-0.2, -0.15) is 0 Å². The lowest BCUT2D eigenvalue weighted by molar-refractivity contribution is -0.117. The number of anilines is 1. The van der Waals surface area contributed by atoms with Crippen molar-refractivity contribution in [2.24, 2.45) is 11.7 Å². The second kappa shape index (κ2) is 7.13. The van der Waals surface area contributed by atoms with Crippen LogP contribution in [-0.4, -0.2) is 12.5 Å². The van der Waals surface area contributed by atoms with Gasteiger partial charge < -0.3 is 11.1 Å². The molecule has 0 saturated heterocycles. The van der Waals surface area contributed by atoms with Crippen molar-refractivity contribution in [3.05, 3.63) is 27.1 Å². The second-order valence-electron chi connectivity index (χ2n) is 3.89. The molecule has 1 aromatic rings. The van der Waals surface area contributed by atoms with E-state index in [2.05, 4.69) is 37.2 Å². The van der Waals surface area contributed by atoms with Gasteiger partial charge in [-0.1, -0.05) is 29.3 Å². The number of hydrogen-bond donors (Lipinski definition) is 2. The van der Waals surface area contributed by atoms with E-state index in [0.717, 1.165) is 21.1 Å². The normalized spacial score (nSPS) is 12.2. The third kappa shape index (κ3) is 4.77. The molecule has 5 heteroatoms. The Kier molecular flexibility index (Phi) is 6.16. The summed E-state index contributed by atoms with van der Waals surface area (Å²) in [5.74, 6) is 0.252. The van der Waals surface area contributed by atoms with Crippen LogP contribution in [0.2, 0.25) is 0 Å². The quantitative estimate of drug-likeness (QED) is 0.840. The van der Waals surface area contributed by atoms with Gasteiger partial charge in [-0.25, -0.2) is 0 Å². The van der Waals surface area contributed by atoms with Crippen LogP contribution in [0.15, 0.2) is 27.1 Å². The van der Waals surface area contributed by atoms with Crippen LogP contribution in [0.25, 0.3) is 0 Å². The fraction of sp³-hybridized carbons (Fsp3) is 0.417. The third-order valence-corrected chi connectivity index (χ3v) is 3.77. The van der Waals surface area contributed by atoms with Gasteiger partial charge in [0, 0.05) is 15.4 Å². The zero-order valence-corrected chi connectivity index (χ0v) is 12.8. The average Bonchev–Trinajstić information content (AvgIpc) is 2.31. The predicted octanol–water partition coefficient (Wildman–Crippen LogP) is 3.53. The van der Waals surface area contributed by atoms with Crippen LogP contribution in [0.4, 0.5) is 5.69 Å². The fourth-order valence-corrected chi connectivity index (χ4v) is 2.16. The smallest absolute Gasteiger partial charge is 0.224 e. The molecule has 1 aromatic carbocycles. The Morgan fingerprint density at radius 1 is 1.47 bits per heavy atom. The molecule has 1 unspecified atom stereocenters. The van der Waals surface area contributed by atoms with Gasteiger partial charge in [0.1, 0.15) is 0 Å². The maximum atomic E-state index is 11.8. The highest BCUT2D eigenvalue weighted by Crippen LogP contribution is 2.26. The van der Waals surface area contributed by atoms with Crippen LogP contribution in [0.3, 0.4) is 0 Å². The van der Waals surface area contributed by atoms with Gasteiger partial charge >= 0.3 is 0 Å². The molecule has 0 aliphatic rings. The fourth-order valence-electron chi connectivity index (χ4n) is 1.45. The first-order chi connectivity index (χ1) is 8.06. The first-order valence-corrected chi connectivity index (χ1v) is 7.10. The van der Waals surface area contributed by atoms with Crippen molar-refractivity contribution in [1.29, 1.82) is 0 Å². The van der Waals surface area contributed by atoms with Crippen molar-refractivity contribution in [2.75, 3.05) is 11.9 Å². The lowest BCUT2D eigenvalue weighted by Crippen LogP contribution is -2.21. The lowest BCUT2D eigenvalue weighted by atomic mass is 10.0. The molecule has 0 radical (unpaired) electrons. The van der Waals surface area contributed by atoms with Crippen molar-refractivity contribution in [1.82, 2.24) is 0 Å². The summed E-state index contributed by atoms with van der Waals surface area (Å²) in [6.45, 7) is 2.59. The molecule has 1 atom stereocenters. The molecule has 0 heterocycles. The first kappa shape index (κ1) is 14.7. The lowest BCUT2D eigenvalue weighted by Gasteiger charge is -2.13. The number of hydrogen-bond acceptors (Lipinski definition) is 2. The molecule has 0 aliphatic carbocycles. The molecule has 0 fully saturated rings. The summed E-state index contributed by atoms with van der Waals surface area (Å²) in [6.07, 6.45) is 1.38. The summed E-state index contributed by atoms with van der Waals surface area (Å²) in [4.78, 5) is 11.8. The molecule has 1 rings (SSSR count). The van der Waals surface area contributed by atoms with Crippen molar-refractivity contribution >= 4 is 43.5 Å². The Hall–Kier alpha value is -0.390. The largest absolute Gasteiger partial charge is 0.330 e. The number of nitrogens with one attached hydrogen (secondary N) is 1. The molecule has 0 bridgehead atoms. The van der Waals surface area contributed by atoms with Crippen LogP contribution in [0, 0.1) is 5.92 Å². The number of nitrogens with two attached hydrogens (primary N) is 1. The summed E-state index contributed by atoms with van der Waals surface area (Å²) in [6, 6.07) is 5.67. The third-order valence-electron chi connectivity index (χ3n) is 2.59. The molecule has 1 amide bonds. The predicted molar refractivity (Wildman–Crippen MR) is 77.9 cm³/mol. The van der Waals surface area contributed by atoms with Crippen molar-refractivity contribution in [3.8, 4) is 0 Å². The number of halogens is 2. The Balaban J connectivity index is 2.64. The number of amides is 1. The summed E-state index contributed by atoms with van der Waals surface area (Å²) < 4.78 is 1.80. The zero-order valence-electron chi connectivity index (χ0n) is 9.67. The standard InChI is InChI=1S/C12H16Br2N2O/c1-2-8(7-15)5-12(17)16-11-6-9(13)3-4-10(11)14/h3-4,6,8H,2,5,7,15H2,1H3,(H,16,17). The highest BCUT2D eigenvalue weighted by molar-refractivity contribution is 9.11. The Labute approximate surface area is 118 Å². The maximum Gasteiger partial charge on any atom is 0.224 e. The number of benzene rings is 1. The SMILES string of the molecule is CCC(CN)CC(=O)Nc1cc(Br)ccc1Br. The van der Waals surface area contributed by atoms with E-state index in [9.17, 15) is 4.79 Å². The maximum absolute atomic E-state index is 11.8. The Morgan fingerprint density at radius 2 is 2.18 bits per heavy atom. The minimum Gasteiger partial charge on any atom is -0.330 e. The van der Waals surface area contributed by atoms with Crippen molar-refractivity contribution in [3.63, 3.8) is 0 Å². The average molecular weight is 364 g/mol. The second-order valence-corrected chi connectivity index (χ2v) is 5.66. The topological polar surface area (TPSA) is 55.1 Å². The van der Waals surface area contributed by atoms with E-state index in [-0.39, 0.29) is 11.8 Å². The highest BCUT2D eigenvalue weighted by Gasteiger charge is 2.11. The minimum atomic E-state index is 0.00102. The van der Waals surface area contributed by atoms with Gasteiger partial charge in [-0.15, -0.1) is 0 Å². The van der Waals surface area contributed by atoms with Crippen LogP contribution < -0.4 is 11.1 Å². The molecular weight excluding hydrogens is 348 g/mol. The van der Waals surface area contributed by atoms with Crippen LogP contribution in [0.1, 0.15) is 19.8 Å². The van der Waals surface area contributed by atoms with Gasteiger partial charge in [0.15, 0.2) is 0 Å². The van der Waals surface area contributed by atoms with E-state index < -0.39 is 0 Å². The molecular formula is C12H16Br2N2O. The molecule has 3 N–H and O–H groups in total. The summed E-state index contributed by atoms with van der Waals surface area (Å²) in [5, 5.41) is 2.88. The summed E-state index contributed by atoms with van der Waals surface area (Å²) in [7, 11) is 0. The molecule has 17 heavy (non-hydrogen) atoms. The van der Waals surface area contributed by atoms with Gasteiger partial charge in [0.2, 0.25) is 5.91 Å². The molecule has 3 nitrogen and oxygen atoms in total. The monoisotopic (exact) mass is 362 g/mol. The van der Waals surface area contributed by atoms with Crippen molar-refractivity contribution in [2.45, 2.75) is 19.8 Å². The number of carbonyl (C=O) groups is 1. The Morgan fingerprint density at radius 3 is 2.76 bits per heavy atom. The van der Waals surface area contributed by atoms with E-state index >= 15 is 0 Å². The van der Waals surface area contributed by atoms with Gasteiger partial charge in [0.25, 0.3) is 0 Å². The molecule has 0 saturated carbocycles. The van der Waals surface area contributed by atoms with Crippen molar-refractivity contribution < 1.29 is 4.79 Å². The highest BCUT2D eigenvalue weighted by atomic mass is 79.9. The van der Waals surface area contributed by atoms with E-state index in [0.29, 0.717) is 13.0 Å². The van der Waals surface area contributed by atoms with E-state index in [4.69, 9.17) is 5.73 Å². The number of rotatable bonds is 5. The van der Waals surface area contributed by atoms with E-state index in [1.165, 1.54) is 0 Å². The van der Waals surface area contributed by atoms with Crippen LogP contribution in [0.5, 0.6) is 0 Å². The van der Waals surface area contributed by atoms with Crippen LogP contribution in [-0.2, 0) is 4.79 Å². The van der Waals surface area contributed by atoms with E-state index in [1.54, 1.807) is 0 Å². The Bertz CT molecular complexity index is 392.